The van der Waals surface area contributed by atoms with Gasteiger partial charge in [-0.25, -0.2) is 4.79 Å². The van der Waals surface area contributed by atoms with Crippen LogP contribution in [0, 0.1) is 0 Å². The quantitative estimate of drug-likeness (QED) is 0.684. The third kappa shape index (κ3) is 1.70. The van der Waals surface area contributed by atoms with Gasteiger partial charge in [0.2, 0.25) is 0 Å². The highest BCUT2D eigenvalue weighted by atomic mass is 127. The van der Waals surface area contributed by atoms with E-state index in [2.05, 4.69) is 4.99 Å². The third-order valence-electron chi connectivity index (χ3n) is 0.715. The zero-order valence-electron chi connectivity index (χ0n) is 4.41. The van der Waals surface area contributed by atoms with Gasteiger partial charge >= 0.3 is 5.97 Å². The molecule has 3 nitrogen and oxygen atoms in total. The van der Waals surface area contributed by atoms with Crippen molar-refractivity contribution in [1.82, 2.24) is 0 Å². The van der Waals surface area contributed by atoms with Crippen LogP contribution in [0.2, 0.25) is 0 Å². The van der Waals surface area contributed by atoms with E-state index in [1.807, 2.05) is 4.08 Å². The molecule has 48 valence electrons. The lowest BCUT2D eigenvalue weighted by Gasteiger charge is -1.91. The van der Waals surface area contributed by atoms with Gasteiger partial charge in [-0.1, -0.05) is 20.7 Å². The molecule has 1 rings (SSSR count). The van der Waals surface area contributed by atoms with Crippen LogP contribution >= 0.6 is 20.7 Å². The second-order valence-electron chi connectivity index (χ2n) is 1.32. The average Bonchev–Trinajstić information content (AvgIpc) is 1.90. The van der Waals surface area contributed by atoms with Gasteiger partial charge in [0.1, 0.15) is 3.51 Å². The Hall–Kier alpha value is -0.520. The summed E-state index contributed by atoms with van der Waals surface area (Å²) in [5.41, 5.74) is 0. The van der Waals surface area contributed by atoms with Crippen molar-refractivity contribution < 1.29 is 9.90 Å². The molecule has 0 unspecified atom stereocenters. The molecule has 0 saturated carbocycles. The maximum atomic E-state index is 10.2. The normalized spacial score (nSPS) is 16.2. The first-order valence-electron chi connectivity index (χ1n) is 2.22. The van der Waals surface area contributed by atoms with E-state index in [-0.39, 0.29) is 0 Å². The van der Waals surface area contributed by atoms with Crippen LogP contribution in [-0.2, 0) is 4.79 Å². The lowest BCUT2D eigenvalue weighted by atomic mass is 10.5. The summed E-state index contributed by atoms with van der Waals surface area (Å²) in [6, 6.07) is 0. The molecule has 0 fully saturated rings. The number of halogens is 1. The second-order valence-corrected chi connectivity index (χ2v) is 3.82. The molecule has 0 amide bonds. The van der Waals surface area contributed by atoms with Gasteiger partial charge in [-0.3, -0.25) is 4.99 Å². The molecule has 0 aromatic carbocycles. The predicted molar refractivity (Wildman–Crippen MR) is 44.3 cm³/mol. The van der Waals surface area contributed by atoms with Gasteiger partial charge in [0.05, 0.1) is 0 Å². The summed E-state index contributed by atoms with van der Waals surface area (Å²) in [7, 11) is 0. The average molecular weight is 237 g/mol. The predicted octanol–water partition coefficient (Wildman–Crippen LogP) is 0.770. The number of aliphatic carboxylic acids is 1. The Bertz CT molecular complexity index is 217. The molecule has 0 radical (unpaired) electrons. The number of hydrogen-bond donors (Lipinski definition) is 1. The SMILES string of the molecule is O=C(O)C1=IC=CN=C1. The minimum atomic E-state index is -0.837. The Morgan fingerprint density at radius 1 is 1.78 bits per heavy atom. The molecular formula is C5H4INO2. The highest BCUT2D eigenvalue weighted by Crippen LogP contribution is 2.05. The smallest absolute Gasteiger partial charge is 0.343 e. The maximum absolute atomic E-state index is 10.2. The van der Waals surface area contributed by atoms with E-state index >= 15 is 0 Å². The first-order valence-corrected chi connectivity index (χ1v) is 4.55. The number of nitrogens with zero attached hydrogens (tertiary/aromatic N) is 1. The van der Waals surface area contributed by atoms with Gasteiger partial charge in [0.15, 0.2) is 0 Å². The molecule has 9 heavy (non-hydrogen) atoms. The summed E-state index contributed by atoms with van der Waals surface area (Å²) in [5.74, 6) is -0.837. The minimum absolute atomic E-state index is 0.404. The zero-order valence-corrected chi connectivity index (χ0v) is 6.57. The number of aliphatic imine (C=N–C) groups is 1. The van der Waals surface area contributed by atoms with Gasteiger partial charge in [0, 0.05) is 12.4 Å². The van der Waals surface area contributed by atoms with Crippen molar-refractivity contribution in [1.29, 1.82) is 0 Å². The summed E-state index contributed by atoms with van der Waals surface area (Å²) in [6.07, 6.45) is 3.05. The molecule has 0 bridgehead atoms. The standard InChI is InChI=1S/C5H4INO2/c8-5(9)4-3-7-2-1-6-4/h1-3H,(H,8,9). The summed E-state index contributed by atoms with van der Waals surface area (Å²) in [6.45, 7) is 0. The molecule has 1 heterocycles. The monoisotopic (exact) mass is 237 g/mol. The third-order valence-corrected chi connectivity index (χ3v) is 2.81. The largest absolute Gasteiger partial charge is 0.477 e. The van der Waals surface area contributed by atoms with Gasteiger partial charge in [-0.15, -0.1) is 0 Å². The summed E-state index contributed by atoms with van der Waals surface area (Å²) in [5, 5.41) is 8.40. The van der Waals surface area contributed by atoms with E-state index in [1.165, 1.54) is 6.21 Å². The van der Waals surface area contributed by atoms with Gasteiger partial charge < -0.3 is 5.11 Å². The van der Waals surface area contributed by atoms with E-state index < -0.39 is 26.7 Å². The molecule has 1 aliphatic rings. The van der Waals surface area contributed by atoms with Crippen LogP contribution in [0.25, 0.3) is 0 Å². The highest BCUT2D eigenvalue weighted by molar-refractivity contribution is 14.2. The molecule has 0 aromatic rings. The molecule has 0 spiro atoms. The number of carbonyl (C=O) groups is 1. The topological polar surface area (TPSA) is 49.7 Å². The first-order chi connectivity index (χ1) is 4.30. The first kappa shape index (κ1) is 6.60. The molecule has 0 saturated heterocycles. The zero-order chi connectivity index (χ0) is 6.69. The fraction of sp³-hybridized carbons (Fsp3) is 0. The van der Waals surface area contributed by atoms with Crippen molar-refractivity contribution in [3.63, 3.8) is 0 Å². The number of rotatable bonds is 1. The number of carboxylic acid groups (broad SMARTS) is 1. The number of carboxylic acids is 1. The van der Waals surface area contributed by atoms with E-state index in [0.29, 0.717) is 3.51 Å². The molecule has 0 aromatic heterocycles. The van der Waals surface area contributed by atoms with E-state index in [0.717, 1.165) is 0 Å². The van der Waals surface area contributed by atoms with Gasteiger partial charge in [-0.2, -0.15) is 0 Å². The molecule has 4 heteroatoms. The van der Waals surface area contributed by atoms with Gasteiger partial charge in [-0.05, 0) is 4.08 Å². The summed E-state index contributed by atoms with van der Waals surface area (Å²) in [4.78, 5) is 13.9. The van der Waals surface area contributed by atoms with Crippen LogP contribution in [0.4, 0.5) is 0 Å². The van der Waals surface area contributed by atoms with E-state index in [9.17, 15) is 4.79 Å². The van der Waals surface area contributed by atoms with Crippen molar-refractivity contribution in [2.75, 3.05) is 0 Å². The van der Waals surface area contributed by atoms with Crippen molar-refractivity contribution in [3.05, 3.63) is 10.3 Å². The Morgan fingerprint density at radius 2 is 2.56 bits per heavy atom. The van der Waals surface area contributed by atoms with Gasteiger partial charge in [0.25, 0.3) is 0 Å². The van der Waals surface area contributed by atoms with E-state index in [4.69, 9.17) is 5.11 Å². The lowest BCUT2D eigenvalue weighted by molar-refractivity contribution is -0.128. The van der Waals surface area contributed by atoms with Crippen molar-refractivity contribution >= 4 is 36.4 Å². The summed E-state index contributed by atoms with van der Waals surface area (Å²) < 4.78 is 2.28. The highest BCUT2D eigenvalue weighted by Gasteiger charge is 2.03. The molecule has 1 aliphatic heterocycles. The Kier molecular flexibility index (Phi) is 2.10. The van der Waals surface area contributed by atoms with Crippen LogP contribution < -0.4 is 0 Å². The maximum Gasteiger partial charge on any atom is 0.343 e. The van der Waals surface area contributed by atoms with Crippen molar-refractivity contribution in [3.8, 4) is 0 Å². The van der Waals surface area contributed by atoms with Crippen molar-refractivity contribution in [2.24, 2.45) is 4.99 Å². The van der Waals surface area contributed by atoms with Crippen LogP contribution in [0.15, 0.2) is 15.3 Å². The minimum Gasteiger partial charge on any atom is -0.477 e. The fourth-order valence-electron chi connectivity index (χ4n) is 0.367. The molecule has 0 atom stereocenters. The van der Waals surface area contributed by atoms with Crippen molar-refractivity contribution in [2.45, 2.75) is 0 Å². The Balaban J connectivity index is 2.84. The fourth-order valence-corrected chi connectivity index (χ4v) is 1.69. The summed E-state index contributed by atoms with van der Waals surface area (Å²) >= 11 is -0.404. The Labute approximate surface area is 61.9 Å². The van der Waals surface area contributed by atoms with E-state index in [1.54, 1.807) is 6.20 Å². The van der Waals surface area contributed by atoms with Crippen LogP contribution in [0.5, 0.6) is 0 Å². The second kappa shape index (κ2) is 2.86. The van der Waals surface area contributed by atoms with Crippen LogP contribution in [0.3, 0.4) is 0 Å². The molecular weight excluding hydrogens is 233 g/mol. The Morgan fingerprint density at radius 3 is 2.89 bits per heavy atom. The molecule has 0 aliphatic carbocycles. The molecule has 1 N–H and O–H groups in total. The van der Waals surface area contributed by atoms with Crippen LogP contribution in [0.1, 0.15) is 0 Å². The lowest BCUT2D eigenvalue weighted by Crippen LogP contribution is -2.11. The van der Waals surface area contributed by atoms with Crippen LogP contribution in [-0.4, -0.2) is 20.8 Å². The number of hydrogen-bond acceptors (Lipinski definition) is 2.